The van der Waals surface area contributed by atoms with Crippen LogP contribution in [0.5, 0.6) is 5.75 Å². The molecule has 0 aliphatic heterocycles. The molecule has 1 rings (SSSR count). The SMILES string of the molecule is CCCNC(COC)Cc1ncc(C)c(OC)c1C. The minimum atomic E-state index is 0.295. The number of nitrogens with one attached hydrogen (secondary N) is 1. The number of rotatable bonds is 8. The van der Waals surface area contributed by atoms with Gasteiger partial charge in [-0.25, -0.2) is 0 Å². The Morgan fingerprint density at radius 2 is 2.05 bits per heavy atom. The molecule has 1 aromatic rings. The maximum Gasteiger partial charge on any atom is 0.128 e. The van der Waals surface area contributed by atoms with E-state index in [4.69, 9.17) is 9.47 Å². The molecule has 1 aromatic heterocycles. The van der Waals surface area contributed by atoms with Crippen molar-refractivity contribution in [1.29, 1.82) is 0 Å². The first-order chi connectivity index (χ1) is 9.13. The molecule has 1 unspecified atom stereocenters. The summed E-state index contributed by atoms with van der Waals surface area (Å²) in [6.45, 7) is 7.94. The van der Waals surface area contributed by atoms with E-state index in [-0.39, 0.29) is 0 Å². The summed E-state index contributed by atoms with van der Waals surface area (Å²) in [4.78, 5) is 4.54. The summed E-state index contributed by atoms with van der Waals surface area (Å²) >= 11 is 0. The van der Waals surface area contributed by atoms with Gasteiger partial charge in [-0.2, -0.15) is 0 Å². The number of aryl methyl sites for hydroxylation is 1. The van der Waals surface area contributed by atoms with Gasteiger partial charge in [0.05, 0.1) is 13.7 Å². The summed E-state index contributed by atoms with van der Waals surface area (Å²) in [5.41, 5.74) is 3.28. The van der Waals surface area contributed by atoms with Crippen LogP contribution in [-0.2, 0) is 11.2 Å². The van der Waals surface area contributed by atoms with Gasteiger partial charge in [0.15, 0.2) is 0 Å². The number of hydrogen-bond donors (Lipinski definition) is 1. The van der Waals surface area contributed by atoms with Crippen molar-refractivity contribution in [3.8, 4) is 5.75 Å². The zero-order chi connectivity index (χ0) is 14.3. The molecular formula is C15H26N2O2. The van der Waals surface area contributed by atoms with Crippen molar-refractivity contribution >= 4 is 0 Å². The zero-order valence-corrected chi connectivity index (χ0v) is 12.7. The molecule has 0 radical (unpaired) electrons. The van der Waals surface area contributed by atoms with E-state index in [2.05, 4.69) is 24.1 Å². The summed E-state index contributed by atoms with van der Waals surface area (Å²) in [6, 6.07) is 0.295. The molecule has 0 spiro atoms. The van der Waals surface area contributed by atoms with Crippen molar-refractivity contribution in [3.63, 3.8) is 0 Å². The molecule has 1 atom stereocenters. The van der Waals surface area contributed by atoms with Crippen molar-refractivity contribution in [2.45, 2.75) is 39.7 Å². The van der Waals surface area contributed by atoms with E-state index in [1.165, 1.54) is 0 Å². The summed E-state index contributed by atoms with van der Waals surface area (Å²) in [7, 11) is 3.44. The summed E-state index contributed by atoms with van der Waals surface area (Å²) in [5.74, 6) is 0.941. The molecule has 0 aliphatic carbocycles. The monoisotopic (exact) mass is 266 g/mol. The van der Waals surface area contributed by atoms with Crippen LogP contribution in [0.25, 0.3) is 0 Å². The molecular weight excluding hydrogens is 240 g/mol. The Balaban J connectivity index is 2.83. The first-order valence-corrected chi connectivity index (χ1v) is 6.85. The highest BCUT2D eigenvalue weighted by atomic mass is 16.5. The molecule has 0 aliphatic rings. The Kier molecular flexibility index (Phi) is 6.81. The zero-order valence-electron chi connectivity index (χ0n) is 12.7. The number of methoxy groups -OCH3 is 2. The lowest BCUT2D eigenvalue weighted by Crippen LogP contribution is -2.36. The van der Waals surface area contributed by atoms with E-state index in [0.29, 0.717) is 12.6 Å². The van der Waals surface area contributed by atoms with Gasteiger partial charge in [0.2, 0.25) is 0 Å². The van der Waals surface area contributed by atoms with Gasteiger partial charge in [-0.1, -0.05) is 6.92 Å². The predicted molar refractivity (Wildman–Crippen MR) is 77.9 cm³/mol. The molecule has 19 heavy (non-hydrogen) atoms. The van der Waals surface area contributed by atoms with Gasteiger partial charge >= 0.3 is 0 Å². The number of nitrogens with zero attached hydrogens (tertiary/aromatic N) is 1. The molecule has 0 saturated carbocycles. The van der Waals surface area contributed by atoms with Crippen molar-refractivity contribution in [2.24, 2.45) is 0 Å². The van der Waals surface area contributed by atoms with Crippen LogP contribution < -0.4 is 10.1 Å². The highest BCUT2D eigenvalue weighted by Crippen LogP contribution is 2.24. The Hall–Kier alpha value is -1.13. The normalized spacial score (nSPS) is 12.5. The van der Waals surface area contributed by atoms with Gasteiger partial charge in [0.1, 0.15) is 5.75 Å². The van der Waals surface area contributed by atoms with Gasteiger partial charge in [-0.15, -0.1) is 0 Å². The predicted octanol–water partition coefficient (Wildman–Crippen LogP) is 2.26. The smallest absolute Gasteiger partial charge is 0.128 e. The van der Waals surface area contributed by atoms with Crippen molar-refractivity contribution in [2.75, 3.05) is 27.4 Å². The van der Waals surface area contributed by atoms with E-state index in [0.717, 1.165) is 42.0 Å². The molecule has 0 fully saturated rings. The Labute approximate surface area is 116 Å². The van der Waals surface area contributed by atoms with Crippen LogP contribution in [0.4, 0.5) is 0 Å². The van der Waals surface area contributed by atoms with Crippen LogP contribution in [0.3, 0.4) is 0 Å². The largest absolute Gasteiger partial charge is 0.496 e. The molecule has 108 valence electrons. The van der Waals surface area contributed by atoms with Gasteiger partial charge < -0.3 is 14.8 Å². The molecule has 0 aromatic carbocycles. The van der Waals surface area contributed by atoms with E-state index in [9.17, 15) is 0 Å². The lowest BCUT2D eigenvalue weighted by Gasteiger charge is -2.19. The second-order valence-electron chi connectivity index (χ2n) is 4.86. The van der Waals surface area contributed by atoms with Crippen LogP contribution >= 0.6 is 0 Å². The third kappa shape index (κ3) is 4.48. The van der Waals surface area contributed by atoms with Crippen molar-refractivity contribution < 1.29 is 9.47 Å². The summed E-state index contributed by atoms with van der Waals surface area (Å²) in [5, 5.41) is 3.49. The maximum absolute atomic E-state index is 5.45. The molecule has 1 heterocycles. The maximum atomic E-state index is 5.45. The minimum absolute atomic E-state index is 0.295. The van der Waals surface area contributed by atoms with Gasteiger partial charge in [0.25, 0.3) is 0 Å². The fourth-order valence-corrected chi connectivity index (χ4v) is 2.25. The Bertz CT molecular complexity index is 394. The average Bonchev–Trinajstić information content (AvgIpc) is 2.40. The molecule has 0 amide bonds. The number of ether oxygens (including phenoxy) is 2. The topological polar surface area (TPSA) is 43.4 Å². The van der Waals surface area contributed by atoms with E-state index < -0.39 is 0 Å². The van der Waals surface area contributed by atoms with Crippen molar-refractivity contribution in [3.05, 3.63) is 23.0 Å². The molecule has 0 bridgehead atoms. The van der Waals surface area contributed by atoms with Crippen LogP contribution in [0.15, 0.2) is 6.20 Å². The fraction of sp³-hybridized carbons (Fsp3) is 0.667. The molecule has 0 saturated heterocycles. The van der Waals surface area contributed by atoms with Gasteiger partial charge in [-0.05, 0) is 26.8 Å². The number of aromatic nitrogens is 1. The van der Waals surface area contributed by atoms with Gasteiger partial charge in [-0.3, -0.25) is 4.98 Å². The lowest BCUT2D eigenvalue weighted by atomic mass is 10.0. The third-order valence-electron chi connectivity index (χ3n) is 3.24. The van der Waals surface area contributed by atoms with E-state index >= 15 is 0 Å². The van der Waals surface area contributed by atoms with Crippen LogP contribution in [0.2, 0.25) is 0 Å². The Morgan fingerprint density at radius 3 is 2.63 bits per heavy atom. The average molecular weight is 266 g/mol. The summed E-state index contributed by atoms with van der Waals surface area (Å²) in [6.07, 6.45) is 3.85. The first kappa shape index (κ1) is 15.9. The number of pyridine rings is 1. The highest BCUT2D eigenvalue weighted by Gasteiger charge is 2.14. The number of hydrogen-bond acceptors (Lipinski definition) is 4. The van der Waals surface area contributed by atoms with Crippen LogP contribution in [0, 0.1) is 13.8 Å². The third-order valence-corrected chi connectivity index (χ3v) is 3.24. The molecule has 1 N–H and O–H groups in total. The quantitative estimate of drug-likeness (QED) is 0.784. The van der Waals surface area contributed by atoms with E-state index in [1.807, 2.05) is 13.1 Å². The molecule has 4 nitrogen and oxygen atoms in total. The second-order valence-corrected chi connectivity index (χ2v) is 4.86. The minimum Gasteiger partial charge on any atom is -0.496 e. The van der Waals surface area contributed by atoms with Crippen LogP contribution in [0.1, 0.15) is 30.2 Å². The van der Waals surface area contributed by atoms with Gasteiger partial charge in [0, 0.05) is 42.6 Å². The lowest BCUT2D eigenvalue weighted by molar-refractivity contribution is 0.165. The van der Waals surface area contributed by atoms with Crippen LogP contribution in [-0.4, -0.2) is 38.4 Å². The second kappa shape index (κ2) is 8.12. The summed E-state index contributed by atoms with van der Waals surface area (Å²) < 4.78 is 10.7. The first-order valence-electron chi connectivity index (χ1n) is 6.85. The fourth-order valence-electron chi connectivity index (χ4n) is 2.25. The molecule has 4 heteroatoms. The van der Waals surface area contributed by atoms with Crippen molar-refractivity contribution in [1.82, 2.24) is 10.3 Å². The highest BCUT2D eigenvalue weighted by molar-refractivity contribution is 5.41. The van der Waals surface area contributed by atoms with E-state index in [1.54, 1.807) is 14.2 Å². The standard InChI is InChI=1S/C15H26N2O2/c1-6-7-16-13(10-18-4)8-14-12(3)15(19-5)11(2)9-17-14/h9,13,16H,6-8,10H2,1-5H3. The Morgan fingerprint density at radius 1 is 1.32 bits per heavy atom.